The standard InChI is InChI=1S/C14H22N4O2/c1-3-16-12-9-15-8-11(18-12)13(19)17-10-14(2)4-6-20-7-5-14/h8-9H,3-7,10H2,1-2H3,(H,16,18)(H,17,19). The summed E-state index contributed by atoms with van der Waals surface area (Å²) in [5.41, 5.74) is 0.458. The van der Waals surface area contributed by atoms with Crippen molar-refractivity contribution in [1.29, 1.82) is 0 Å². The van der Waals surface area contributed by atoms with Crippen molar-refractivity contribution in [1.82, 2.24) is 15.3 Å². The average Bonchev–Trinajstić information content (AvgIpc) is 2.46. The molecule has 6 nitrogen and oxygen atoms in total. The minimum absolute atomic E-state index is 0.112. The number of amides is 1. The van der Waals surface area contributed by atoms with E-state index in [-0.39, 0.29) is 11.3 Å². The zero-order valence-electron chi connectivity index (χ0n) is 12.1. The Morgan fingerprint density at radius 3 is 2.85 bits per heavy atom. The van der Waals surface area contributed by atoms with Gasteiger partial charge in [-0.1, -0.05) is 6.92 Å². The van der Waals surface area contributed by atoms with E-state index in [1.807, 2.05) is 6.92 Å². The van der Waals surface area contributed by atoms with Crippen LogP contribution in [0.2, 0.25) is 0 Å². The Labute approximate surface area is 119 Å². The predicted molar refractivity (Wildman–Crippen MR) is 76.7 cm³/mol. The molecule has 0 aromatic carbocycles. The summed E-state index contributed by atoms with van der Waals surface area (Å²) in [6, 6.07) is 0. The van der Waals surface area contributed by atoms with E-state index in [1.54, 1.807) is 6.20 Å². The van der Waals surface area contributed by atoms with Crippen LogP contribution in [0.5, 0.6) is 0 Å². The van der Waals surface area contributed by atoms with E-state index in [9.17, 15) is 4.79 Å². The molecule has 1 saturated heterocycles. The highest BCUT2D eigenvalue weighted by Crippen LogP contribution is 2.28. The van der Waals surface area contributed by atoms with Crippen molar-refractivity contribution >= 4 is 11.7 Å². The fourth-order valence-electron chi connectivity index (χ4n) is 2.17. The Hall–Kier alpha value is -1.69. The molecule has 1 aliphatic rings. The number of rotatable bonds is 5. The molecule has 2 N–H and O–H groups in total. The molecular formula is C14H22N4O2. The highest BCUT2D eigenvalue weighted by atomic mass is 16.5. The summed E-state index contributed by atoms with van der Waals surface area (Å²) in [5.74, 6) is 0.447. The lowest BCUT2D eigenvalue weighted by Crippen LogP contribution is -2.39. The lowest BCUT2D eigenvalue weighted by atomic mass is 9.82. The molecule has 0 bridgehead atoms. The molecule has 1 aromatic heterocycles. The zero-order chi connectivity index (χ0) is 14.4. The predicted octanol–water partition coefficient (Wildman–Crippen LogP) is 1.45. The number of aromatic nitrogens is 2. The molecule has 0 aliphatic carbocycles. The highest BCUT2D eigenvalue weighted by Gasteiger charge is 2.28. The summed E-state index contributed by atoms with van der Waals surface area (Å²) >= 11 is 0. The van der Waals surface area contributed by atoms with E-state index in [2.05, 4.69) is 27.5 Å². The van der Waals surface area contributed by atoms with Gasteiger partial charge in [0.2, 0.25) is 0 Å². The Bertz CT molecular complexity index is 458. The summed E-state index contributed by atoms with van der Waals surface area (Å²) in [5, 5.41) is 6.00. The molecule has 0 atom stereocenters. The third-order valence-electron chi connectivity index (χ3n) is 3.60. The van der Waals surface area contributed by atoms with Gasteiger partial charge in [-0.05, 0) is 25.2 Å². The maximum atomic E-state index is 12.1. The first kappa shape index (κ1) is 14.7. The first-order valence-corrected chi connectivity index (χ1v) is 7.05. The number of hydrogen-bond donors (Lipinski definition) is 2. The summed E-state index contributed by atoms with van der Waals surface area (Å²) in [4.78, 5) is 20.4. The van der Waals surface area contributed by atoms with Crippen LogP contribution in [0.25, 0.3) is 0 Å². The molecule has 0 spiro atoms. The topological polar surface area (TPSA) is 76.1 Å². The molecule has 0 saturated carbocycles. The van der Waals surface area contributed by atoms with E-state index in [4.69, 9.17) is 4.74 Å². The van der Waals surface area contributed by atoms with Crippen LogP contribution in [-0.4, -0.2) is 42.2 Å². The fraction of sp³-hybridized carbons (Fsp3) is 0.643. The van der Waals surface area contributed by atoms with Gasteiger partial charge in [0.15, 0.2) is 0 Å². The summed E-state index contributed by atoms with van der Waals surface area (Å²) in [7, 11) is 0. The number of nitrogens with one attached hydrogen (secondary N) is 2. The third kappa shape index (κ3) is 3.90. The van der Waals surface area contributed by atoms with Crippen LogP contribution >= 0.6 is 0 Å². The average molecular weight is 278 g/mol. The Morgan fingerprint density at radius 2 is 2.15 bits per heavy atom. The van der Waals surface area contributed by atoms with E-state index in [1.165, 1.54) is 6.20 Å². The fourth-order valence-corrected chi connectivity index (χ4v) is 2.17. The number of anilines is 1. The van der Waals surface area contributed by atoms with Gasteiger partial charge in [0.1, 0.15) is 11.5 Å². The van der Waals surface area contributed by atoms with Gasteiger partial charge in [-0.15, -0.1) is 0 Å². The van der Waals surface area contributed by atoms with Crippen LogP contribution in [0.1, 0.15) is 37.2 Å². The van der Waals surface area contributed by atoms with Gasteiger partial charge in [0.25, 0.3) is 5.91 Å². The van der Waals surface area contributed by atoms with Crippen molar-refractivity contribution in [3.8, 4) is 0 Å². The molecule has 1 fully saturated rings. The van der Waals surface area contributed by atoms with Gasteiger partial charge in [0, 0.05) is 26.3 Å². The summed E-state index contributed by atoms with van der Waals surface area (Å²) in [6.45, 7) is 7.07. The van der Waals surface area contributed by atoms with Gasteiger partial charge in [0.05, 0.1) is 12.4 Å². The van der Waals surface area contributed by atoms with Crippen LogP contribution in [0, 0.1) is 5.41 Å². The van der Waals surface area contributed by atoms with Gasteiger partial charge in [-0.25, -0.2) is 4.98 Å². The number of nitrogens with zero attached hydrogens (tertiary/aromatic N) is 2. The second-order valence-corrected chi connectivity index (χ2v) is 5.43. The van der Waals surface area contributed by atoms with Crippen LogP contribution in [0.3, 0.4) is 0 Å². The Morgan fingerprint density at radius 1 is 1.40 bits per heavy atom. The SMILES string of the molecule is CCNc1cncc(C(=O)NCC2(C)CCOCC2)n1. The molecule has 20 heavy (non-hydrogen) atoms. The van der Waals surface area contributed by atoms with E-state index in [0.29, 0.717) is 18.1 Å². The normalized spacial score (nSPS) is 17.5. The molecule has 2 rings (SSSR count). The number of hydrogen-bond acceptors (Lipinski definition) is 5. The van der Waals surface area contributed by atoms with Gasteiger partial charge in [-0.2, -0.15) is 0 Å². The van der Waals surface area contributed by atoms with E-state index in [0.717, 1.165) is 32.6 Å². The molecule has 0 unspecified atom stereocenters. The minimum atomic E-state index is -0.176. The smallest absolute Gasteiger partial charge is 0.271 e. The molecule has 6 heteroatoms. The molecule has 1 amide bonds. The van der Waals surface area contributed by atoms with Crippen molar-refractivity contribution in [3.05, 3.63) is 18.1 Å². The zero-order valence-corrected chi connectivity index (χ0v) is 12.1. The van der Waals surface area contributed by atoms with Crippen molar-refractivity contribution in [3.63, 3.8) is 0 Å². The van der Waals surface area contributed by atoms with Crippen molar-refractivity contribution in [2.45, 2.75) is 26.7 Å². The van der Waals surface area contributed by atoms with Crippen LogP contribution < -0.4 is 10.6 Å². The lowest BCUT2D eigenvalue weighted by molar-refractivity contribution is 0.0238. The van der Waals surface area contributed by atoms with E-state index < -0.39 is 0 Å². The van der Waals surface area contributed by atoms with Crippen molar-refractivity contribution in [2.24, 2.45) is 5.41 Å². The lowest BCUT2D eigenvalue weighted by Gasteiger charge is -2.33. The van der Waals surface area contributed by atoms with Crippen molar-refractivity contribution in [2.75, 3.05) is 31.6 Å². The minimum Gasteiger partial charge on any atom is -0.381 e. The van der Waals surface area contributed by atoms with Crippen LogP contribution in [-0.2, 0) is 4.74 Å². The molecule has 110 valence electrons. The second kappa shape index (κ2) is 6.65. The van der Waals surface area contributed by atoms with Gasteiger partial charge < -0.3 is 15.4 Å². The number of ether oxygens (including phenoxy) is 1. The maximum absolute atomic E-state index is 12.1. The maximum Gasteiger partial charge on any atom is 0.271 e. The van der Waals surface area contributed by atoms with Crippen molar-refractivity contribution < 1.29 is 9.53 Å². The summed E-state index contributed by atoms with van der Waals surface area (Å²) in [6.07, 6.45) is 5.04. The second-order valence-electron chi connectivity index (χ2n) is 5.43. The molecule has 0 radical (unpaired) electrons. The Kier molecular flexibility index (Phi) is 4.89. The molecular weight excluding hydrogens is 256 g/mol. The van der Waals surface area contributed by atoms with E-state index >= 15 is 0 Å². The molecule has 1 aromatic rings. The largest absolute Gasteiger partial charge is 0.381 e. The quantitative estimate of drug-likeness (QED) is 0.852. The third-order valence-corrected chi connectivity index (χ3v) is 3.60. The molecule has 1 aliphatic heterocycles. The first-order valence-electron chi connectivity index (χ1n) is 7.05. The summed E-state index contributed by atoms with van der Waals surface area (Å²) < 4.78 is 5.36. The Balaban J connectivity index is 1.92. The first-order chi connectivity index (χ1) is 9.63. The monoisotopic (exact) mass is 278 g/mol. The number of carbonyl (C=O) groups excluding carboxylic acids is 1. The van der Waals surface area contributed by atoms with Crippen LogP contribution in [0.15, 0.2) is 12.4 Å². The highest BCUT2D eigenvalue weighted by molar-refractivity contribution is 5.92. The van der Waals surface area contributed by atoms with Gasteiger partial charge >= 0.3 is 0 Å². The molecule has 2 heterocycles. The van der Waals surface area contributed by atoms with Gasteiger partial charge in [-0.3, -0.25) is 9.78 Å². The number of carbonyl (C=O) groups is 1. The van der Waals surface area contributed by atoms with Crippen LogP contribution in [0.4, 0.5) is 5.82 Å².